The van der Waals surface area contributed by atoms with Crippen LogP contribution in [0.2, 0.25) is 0 Å². The van der Waals surface area contributed by atoms with E-state index < -0.39 is 18.4 Å². The largest absolute Gasteiger partial charge is 0.493 e. The molecular formula is C19H20N2O6S2. The molecule has 0 aliphatic carbocycles. The number of carboxylic acids is 1. The average Bonchev–Trinajstić information content (AvgIpc) is 3.31. The fraction of sp³-hybridized carbons (Fsp3) is 0.368. The summed E-state index contributed by atoms with van der Waals surface area (Å²) >= 11 is 6.13. The van der Waals surface area contributed by atoms with E-state index in [9.17, 15) is 14.4 Å². The van der Waals surface area contributed by atoms with Gasteiger partial charge in [-0.2, -0.15) is 0 Å². The number of carbonyl (C=O) groups is 3. The predicted molar refractivity (Wildman–Crippen MR) is 112 cm³/mol. The normalized spacial score (nSPS) is 17.9. The van der Waals surface area contributed by atoms with Crippen molar-refractivity contribution in [1.82, 2.24) is 9.80 Å². The number of nitrogens with zero attached hydrogens (tertiary/aromatic N) is 2. The van der Waals surface area contributed by atoms with Crippen LogP contribution in [0.5, 0.6) is 11.5 Å². The van der Waals surface area contributed by atoms with E-state index in [1.54, 1.807) is 29.2 Å². The molecule has 154 valence electrons. The first-order chi connectivity index (χ1) is 13.9. The van der Waals surface area contributed by atoms with Gasteiger partial charge in [-0.15, -0.1) is 0 Å². The zero-order chi connectivity index (χ0) is 21.0. The fourth-order valence-electron chi connectivity index (χ4n) is 3.01. The molecular weight excluding hydrogens is 416 g/mol. The van der Waals surface area contributed by atoms with Gasteiger partial charge in [-0.25, -0.2) is 0 Å². The number of amides is 2. The summed E-state index contributed by atoms with van der Waals surface area (Å²) in [6, 6.07) is 5.07. The van der Waals surface area contributed by atoms with E-state index in [4.69, 9.17) is 26.8 Å². The summed E-state index contributed by atoms with van der Waals surface area (Å²) in [6.45, 7) is 0.989. The molecule has 2 aliphatic rings. The van der Waals surface area contributed by atoms with Gasteiger partial charge in [0.1, 0.15) is 10.9 Å². The van der Waals surface area contributed by atoms with E-state index >= 15 is 0 Å². The average molecular weight is 437 g/mol. The summed E-state index contributed by atoms with van der Waals surface area (Å²) in [4.78, 5) is 38.6. The predicted octanol–water partition coefficient (Wildman–Crippen LogP) is 1.98. The van der Waals surface area contributed by atoms with Gasteiger partial charge in [0, 0.05) is 13.1 Å². The Morgan fingerprint density at radius 2 is 2.00 bits per heavy atom. The summed E-state index contributed by atoms with van der Waals surface area (Å²) in [5.41, 5.74) is 0.663. The van der Waals surface area contributed by atoms with Crippen LogP contribution in [-0.4, -0.2) is 70.4 Å². The second-order valence-corrected chi connectivity index (χ2v) is 8.12. The van der Waals surface area contributed by atoms with E-state index in [-0.39, 0.29) is 16.8 Å². The molecule has 1 N–H and O–H groups in total. The molecule has 2 fully saturated rings. The molecule has 29 heavy (non-hydrogen) atoms. The molecule has 0 radical (unpaired) electrons. The highest BCUT2D eigenvalue weighted by atomic mass is 32.2. The summed E-state index contributed by atoms with van der Waals surface area (Å²) in [5, 5.41) is 8.90. The van der Waals surface area contributed by atoms with Gasteiger partial charge in [-0.05, 0) is 36.6 Å². The van der Waals surface area contributed by atoms with E-state index in [1.807, 2.05) is 0 Å². The SMILES string of the molecule is COc1cc(/C=C2\SC(=S)N(CC(=O)O)C2=O)ccc1OCC(=O)N1CCCC1. The van der Waals surface area contributed by atoms with Crippen LogP contribution >= 0.6 is 24.0 Å². The molecule has 3 rings (SSSR count). The molecule has 1 aromatic rings. The van der Waals surface area contributed by atoms with Gasteiger partial charge in [-0.3, -0.25) is 19.3 Å². The maximum absolute atomic E-state index is 12.4. The standard InChI is InChI=1S/C19H20N2O6S2/c1-26-14-8-12(9-15-18(25)21(10-17(23)24)19(28)29-15)4-5-13(14)27-11-16(22)20-6-2-3-7-20/h4-5,8-9H,2-3,6-7,10-11H2,1H3,(H,23,24)/b15-9-. The summed E-state index contributed by atoms with van der Waals surface area (Å²) < 4.78 is 11.2. The third kappa shape index (κ3) is 5.07. The van der Waals surface area contributed by atoms with E-state index in [1.165, 1.54) is 7.11 Å². The number of aliphatic carboxylic acids is 1. The Kier molecular flexibility index (Phi) is 6.75. The van der Waals surface area contributed by atoms with Gasteiger partial charge in [-0.1, -0.05) is 30.0 Å². The van der Waals surface area contributed by atoms with Gasteiger partial charge < -0.3 is 19.5 Å². The summed E-state index contributed by atoms with van der Waals surface area (Å²) in [5.74, 6) is -0.785. The van der Waals surface area contributed by atoms with Gasteiger partial charge in [0.25, 0.3) is 11.8 Å². The number of ether oxygens (including phenoxy) is 2. The number of methoxy groups -OCH3 is 1. The zero-order valence-corrected chi connectivity index (χ0v) is 17.4. The first kappa shape index (κ1) is 21.1. The maximum atomic E-state index is 12.4. The highest BCUT2D eigenvalue weighted by Gasteiger charge is 2.33. The Balaban J connectivity index is 1.70. The number of thiocarbonyl (C=S) groups is 1. The molecule has 0 saturated carbocycles. The minimum Gasteiger partial charge on any atom is -0.493 e. The topological polar surface area (TPSA) is 96.4 Å². The lowest BCUT2D eigenvalue weighted by molar-refractivity contribution is -0.140. The van der Waals surface area contributed by atoms with Crippen molar-refractivity contribution in [2.75, 3.05) is 33.4 Å². The lowest BCUT2D eigenvalue weighted by Gasteiger charge is -2.16. The first-order valence-electron chi connectivity index (χ1n) is 8.95. The summed E-state index contributed by atoms with van der Waals surface area (Å²) in [6.07, 6.45) is 3.65. The van der Waals surface area contributed by atoms with Crippen molar-refractivity contribution in [1.29, 1.82) is 0 Å². The number of rotatable bonds is 7. The Hall–Kier alpha value is -2.59. The quantitative estimate of drug-likeness (QED) is 0.512. The number of hydrogen-bond acceptors (Lipinski definition) is 7. The second kappa shape index (κ2) is 9.27. The molecule has 0 unspecified atom stereocenters. The monoisotopic (exact) mass is 436 g/mol. The van der Waals surface area contributed by atoms with E-state index in [2.05, 4.69) is 0 Å². The van der Waals surface area contributed by atoms with Crippen LogP contribution < -0.4 is 9.47 Å². The van der Waals surface area contributed by atoms with Gasteiger partial charge in [0.15, 0.2) is 18.1 Å². The van der Waals surface area contributed by atoms with Crippen LogP contribution in [-0.2, 0) is 14.4 Å². The van der Waals surface area contributed by atoms with Crippen LogP contribution in [0.1, 0.15) is 18.4 Å². The number of thioether (sulfide) groups is 1. The number of carboxylic acid groups (broad SMARTS) is 1. The third-order valence-corrected chi connectivity index (χ3v) is 5.84. The van der Waals surface area contributed by atoms with E-state index in [0.29, 0.717) is 22.0 Å². The van der Waals surface area contributed by atoms with Crippen molar-refractivity contribution >= 4 is 52.2 Å². The second-order valence-electron chi connectivity index (χ2n) is 6.45. The van der Waals surface area contributed by atoms with Crippen molar-refractivity contribution in [3.05, 3.63) is 28.7 Å². The van der Waals surface area contributed by atoms with Gasteiger partial charge >= 0.3 is 5.97 Å². The molecule has 2 aliphatic heterocycles. The minimum absolute atomic E-state index is 0.0595. The first-order valence-corrected chi connectivity index (χ1v) is 10.2. The Bertz CT molecular complexity index is 879. The molecule has 0 aromatic heterocycles. The number of carbonyl (C=O) groups excluding carboxylic acids is 2. The number of hydrogen-bond donors (Lipinski definition) is 1. The van der Waals surface area contributed by atoms with Crippen molar-refractivity contribution in [3.63, 3.8) is 0 Å². The number of likely N-dealkylation sites (tertiary alicyclic amines) is 1. The molecule has 8 nitrogen and oxygen atoms in total. The smallest absolute Gasteiger partial charge is 0.323 e. The van der Waals surface area contributed by atoms with Crippen molar-refractivity contribution in [2.24, 2.45) is 0 Å². The van der Waals surface area contributed by atoms with Crippen LogP contribution in [0.4, 0.5) is 0 Å². The Labute approximate surface area is 177 Å². The molecule has 2 amide bonds. The minimum atomic E-state index is -1.13. The third-order valence-electron chi connectivity index (χ3n) is 4.46. The Morgan fingerprint density at radius 3 is 2.66 bits per heavy atom. The summed E-state index contributed by atoms with van der Waals surface area (Å²) in [7, 11) is 1.49. The molecule has 1 aromatic carbocycles. The zero-order valence-electron chi connectivity index (χ0n) is 15.8. The lowest BCUT2D eigenvalue weighted by atomic mass is 10.2. The van der Waals surface area contributed by atoms with Crippen LogP contribution in [0, 0.1) is 0 Å². The molecule has 10 heteroatoms. The van der Waals surface area contributed by atoms with Gasteiger partial charge in [0.05, 0.1) is 12.0 Å². The highest BCUT2D eigenvalue weighted by molar-refractivity contribution is 8.26. The molecule has 2 saturated heterocycles. The molecule has 0 spiro atoms. The number of benzene rings is 1. The molecule has 0 atom stereocenters. The van der Waals surface area contributed by atoms with Gasteiger partial charge in [0.2, 0.25) is 0 Å². The molecule has 0 bridgehead atoms. The Morgan fingerprint density at radius 1 is 1.28 bits per heavy atom. The molecule has 2 heterocycles. The maximum Gasteiger partial charge on any atom is 0.323 e. The van der Waals surface area contributed by atoms with Crippen LogP contribution in [0.3, 0.4) is 0 Å². The van der Waals surface area contributed by atoms with Crippen molar-refractivity contribution < 1.29 is 29.0 Å². The van der Waals surface area contributed by atoms with Crippen LogP contribution in [0.15, 0.2) is 23.1 Å². The van der Waals surface area contributed by atoms with Crippen molar-refractivity contribution in [2.45, 2.75) is 12.8 Å². The lowest BCUT2D eigenvalue weighted by Crippen LogP contribution is -2.33. The fourth-order valence-corrected chi connectivity index (χ4v) is 4.27. The van der Waals surface area contributed by atoms with Crippen LogP contribution in [0.25, 0.3) is 6.08 Å². The van der Waals surface area contributed by atoms with Crippen molar-refractivity contribution in [3.8, 4) is 11.5 Å². The van der Waals surface area contributed by atoms with E-state index in [0.717, 1.165) is 42.6 Å². The highest BCUT2D eigenvalue weighted by Crippen LogP contribution is 2.34.